The Labute approximate surface area is 179 Å². The molecule has 0 radical (unpaired) electrons. The zero-order chi connectivity index (χ0) is 21.6. The van der Waals surface area contributed by atoms with Crippen molar-refractivity contribution in [1.29, 1.82) is 0 Å². The third-order valence-corrected chi connectivity index (χ3v) is 5.86. The second-order valence-corrected chi connectivity index (χ2v) is 9.44. The van der Waals surface area contributed by atoms with E-state index in [0.717, 1.165) is 30.2 Å². The van der Waals surface area contributed by atoms with Crippen LogP contribution in [0.1, 0.15) is 45.8 Å². The Bertz CT molecular complexity index is 1180. The third kappa shape index (κ3) is 3.90. The minimum absolute atomic E-state index is 0.0384. The minimum atomic E-state index is -0.528. The van der Waals surface area contributed by atoms with E-state index in [2.05, 4.69) is 10.5 Å². The van der Waals surface area contributed by atoms with Gasteiger partial charge in [0.1, 0.15) is 22.3 Å². The van der Waals surface area contributed by atoms with Gasteiger partial charge in [0, 0.05) is 18.0 Å². The van der Waals surface area contributed by atoms with Gasteiger partial charge in [0.25, 0.3) is 5.56 Å². The second-order valence-electron chi connectivity index (χ2n) is 9.03. The molecule has 0 spiro atoms. The highest BCUT2D eigenvalue weighted by molar-refractivity contribution is 6.37. The summed E-state index contributed by atoms with van der Waals surface area (Å²) in [5.41, 5.74) is 0.601. The highest BCUT2D eigenvalue weighted by Gasteiger charge is 2.29. The first kappa shape index (κ1) is 20.7. The number of rotatable bonds is 3. The van der Waals surface area contributed by atoms with Crippen LogP contribution in [0.5, 0.6) is 0 Å². The van der Waals surface area contributed by atoms with Gasteiger partial charge in [-0.1, -0.05) is 22.8 Å². The summed E-state index contributed by atoms with van der Waals surface area (Å²) in [5.74, 6) is 0.740. The van der Waals surface area contributed by atoms with E-state index in [0.29, 0.717) is 28.2 Å². The normalized spacial score (nSPS) is 19.5. The van der Waals surface area contributed by atoms with E-state index in [9.17, 15) is 9.59 Å². The number of nitrogens with one attached hydrogen (secondary N) is 1. The van der Waals surface area contributed by atoms with Crippen LogP contribution in [0.15, 0.2) is 27.5 Å². The molecule has 1 aromatic carbocycles. The number of hydrogen-bond donors (Lipinski definition) is 1. The summed E-state index contributed by atoms with van der Waals surface area (Å²) in [6.07, 6.45) is 2.15. The second kappa shape index (κ2) is 7.61. The monoisotopic (exact) mass is 431 g/mol. The molecule has 2 aromatic heterocycles. The lowest BCUT2D eigenvalue weighted by molar-refractivity contribution is 0.0504. The predicted octanol–water partition coefficient (Wildman–Crippen LogP) is 4.80. The van der Waals surface area contributed by atoms with Gasteiger partial charge in [0.05, 0.1) is 10.5 Å². The number of aryl methyl sites for hydroxylation is 1. The van der Waals surface area contributed by atoms with E-state index >= 15 is 0 Å². The molecule has 7 nitrogen and oxygen atoms in total. The molecule has 30 heavy (non-hydrogen) atoms. The largest absolute Gasteiger partial charge is 0.444 e. The number of benzene rings is 1. The molecule has 160 valence electrons. The summed E-state index contributed by atoms with van der Waals surface area (Å²) < 4.78 is 12.4. The maximum Gasteiger partial charge on any atom is 0.407 e. The SMILES string of the molecule is Cc1onc2c1c(=O)n(CC1CCC(NC(=O)OC(C)(C)C)C1)c1cccc(Cl)c21. The molecule has 1 N–H and O–H groups in total. The maximum atomic E-state index is 13.3. The number of aromatic nitrogens is 2. The molecule has 2 unspecified atom stereocenters. The summed E-state index contributed by atoms with van der Waals surface area (Å²) in [7, 11) is 0. The van der Waals surface area contributed by atoms with Crippen LogP contribution in [0.25, 0.3) is 21.8 Å². The Morgan fingerprint density at radius 3 is 2.83 bits per heavy atom. The molecule has 1 saturated carbocycles. The van der Waals surface area contributed by atoms with Crippen molar-refractivity contribution in [2.24, 2.45) is 5.92 Å². The van der Waals surface area contributed by atoms with Gasteiger partial charge in [-0.15, -0.1) is 0 Å². The lowest BCUT2D eigenvalue weighted by atomic mass is 10.1. The van der Waals surface area contributed by atoms with Gasteiger partial charge < -0.3 is 19.1 Å². The van der Waals surface area contributed by atoms with Gasteiger partial charge in [0.15, 0.2) is 0 Å². The number of alkyl carbamates (subject to hydrolysis) is 1. The van der Waals surface area contributed by atoms with Crippen LogP contribution < -0.4 is 10.9 Å². The summed E-state index contributed by atoms with van der Waals surface area (Å²) in [6, 6.07) is 5.55. The van der Waals surface area contributed by atoms with E-state index in [1.54, 1.807) is 17.6 Å². The zero-order valence-corrected chi connectivity index (χ0v) is 18.4. The Morgan fingerprint density at radius 2 is 2.10 bits per heavy atom. The van der Waals surface area contributed by atoms with Gasteiger partial charge in [-0.3, -0.25) is 4.79 Å². The standard InChI is InChI=1S/C22H26ClN3O4/c1-12-17-19(25-30-12)18-15(23)6-5-7-16(18)26(20(17)27)11-13-8-9-14(10-13)24-21(28)29-22(2,3)4/h5-7,13-14H,8-11H2,1-4H3,(H,24,28). The van der Waals surface area contributed by atoms with Crippen LogP contribution in [0, 0.1) is 12.8 Å². The highest BCUT2D eigenvalue weighted by atomic mass is 35.5. The number of pyridine rings is 1. The number of fused-ring (bicyclic) bond motifs is 3. The number of nitrogens with zero attached hydrogens (tertiary/aromatic N) is 2. The van der Waals surface area contributed by atoms with E-state index in [1.165, 1.54) is 0 Å². The summed E-state index contributed by atoms with van der Waals surface area (Å²) in [4.78, 5) is 25.3. The smallest absolute Gasteiger partial charge is 0.407 e. The Balaban J connectivity index is 1.61. The average Bonchev–Trinajstić information content (AvgIpc) is 3.23. The Kier molecular flexibility index (Phi) is 5.26. The molecule has 0 aliphatic heterocycles. The molecular formula is C22H26ClN3O4. The maximum absolute atomic E-state index is 13.3. The number of amides is 1. The molecule has 1 fully saturated rings. The van der Waals surface area contributed by atoms with Crippen molar-refractivity contribution in [3.05, 3.63) is 39.3 Å². The minimum Gasteiger partial charge on any atom is -0.444 e. The summed E-state index contributed by atoms with van der Waals surface area (Å²) >= 11 is 6.46. The number of hydrogen-bond acceptors (Lipinski definition) is 5. The Hall–Kier alpha value is -2.54. The van der Waals surface area contributed by atoms with E-state index in [1.807, 2.05) is 32.9 Å². The molecule has 2 atom stereocenters. The molecule has 3 aromatic rings. The molecular weight excluding hydrogens is 406 g/mol. The van der Waals surface area contributed by atoms with Crippen molar-refractivity contribution in [1.82, 2.24) is 15.0 Å². The fourth-order valence-electron chi connectivity index (χ4n) is 4.30. The van der Waals surface area contributed by atoms with Crippen LogP contribution in [-0.2, 0) is 11.3 Å². The third-order valence-electron chi connectivity index (χ3n) is 5.54. The first-order valence-corrected chi connectivity index (χ1v) is 10.6. The van der Waals surface area contributed by atoms with Crippen molar-refractivity contribution in [3.8, 4) is 0 Å². The Morgan fingerprint density at radius 1 is 1.33 bits per heavy atom. The summed E-state index contributed by atoms with van der Waals surface area (Å²) in [6.45, 7) is 7.81. The molecule has 1 aliphatic carbocycles. The number of carbonyl (C=O) groups excluding carboxylic acids is 1. The van der Waals surface area contributed by atoms with Crippen LogP contribution in [0.3, 0.4) is 0 Å². The first-order valence-electron chi connectivity index (χ1n) is 10.2. The van der Waals surface area contributed by atoms with Crippen molar-refractivity contribution < 1.29 is 14.1 Å². The van der Waals surface area contributed by atoms with Crippen molar-refractivity contribution in [3.63, 3.8) is 0 Å². The van der Waals surface area contributed by atoms with E-state index < -0.39 is 11.7 Å². The molecule has 4 rings (SSSR count). The molecule has 0 bridgehead atoms. The molecule has 0 saturated heterocycles. The van der Waals surface area contributed by atoms with E-state index in [-0.39, 0.29) is 17.5 Å². The molecule has 1 amide bonds. The van der Waals surface area contributed by atoms with Crippen molar-refractivity contribution in [2.75, 3.05) is 0 Å². The number of halogens is 1. The van der Waals surface area contributed by atoms with Gasteiger partial charge in [-0.05, 0) is 65.0 Å². The zero-order valence-electron chi connectivity index (χ0n) is 17.6. The molecule has 8 heteroatoms. The van der Waals surface area contributed by atoms with Gasteiger partial charge in [-0.25, -0.2) is 4.79 Å². The molecule has 1 aliphatic rings. The van der Waals surface area contributed by atoms with Gasteiger partial charge in [-0.2, -0.15) is 0 Å². The lowest BCUT2D eigenvalue weighted by Crippen LogP contribution is -2.38. The number of ether oxygens (including phenoxy) is 1. The van der Waals surface area contributed by atoms with E-state index in [4.69, 9.17) is 20.9 Å². The van der Waals surface area contributed by atoms with Crippen molar-refractivity contribution in [2.45, 2.75) is 65.1 Å². The number of carbonyl (C=O) groups is 1. The van der Waals surface area contributed by atoms with Crippen LogP contribution in [0.4, 0.5) is 4.79 Å². The quantitative estimate of drug-likeness (QED) is 0.643. The fourth-order valence-corrected chi connectivity index (χ4v) is 4.56. The first-order chi connectivity index (χ1) is 14.1. The summed E-state index contributed by atoms with van der Waals surface area (Å²) in [5, 5.41) is 8.77. The average molecular weight is 432 g/mol. The van der Waals surface area contributed by atoms with Crippen LogP contribution in [0.2, 0.25) is 5.02 Å². The topological polar surface area (TPSA) is 86.4 Å². The van der Waals surface area contributed by atoms with Crippen LogP contribution >= 0.6 is 11.6 Å². The predicted molar refractivity (Wildman–Crippen MR) is 116 cm³/mol. The fraction of sp³-hybridized carbons (Fsp3) is 0.500. The van der Waals surface area contributed by atoms with Crippen molar-refractivity contribution >= 4 is 39.5 Å². The highest BCUT2D eigenvalue weighted by Crippen LogP contribution is 2.32. The van der Waals surface area contributed by atoms with Gasteiger partial charge in [0.2, 0.25) is 0 Å². The van der Waals surface area contributed by atoms with Crippen LogP contribution in [-0.4, -0.2) is 27.5 Å². The van der Waals surface area contributed by atoms with Gasteiger partial charge >= 0.3 is 6.09 Å². The molecule has 2 heterocycles. The lowest BCUT2D eigenvalue weighted by Gasteiger charge is -2.22.